The van der Waals surface area contributed by atoms with Crippen LogP contribution >= 0.6 is 23.1 Å². The van der Waals surface area contributed by atoms with Gasteiger partial charge in [-0.15, -0.1) is 10.2 Å². The Morgan fingerprint density at radius 2 is 2.17 bits per heavy atom. The van der Waals surface area contributed by atoms with E-state index < -0.39 is 0 Å². The van der Waals surface area contributed by atoms with E-state index in [9.17, 15) is 0 Å². The molecule has 0 saturated heterocycles. The molecule has 3 heterocycles. The number of pyridine rings is 2. The minimum Gasteiger partial charge on any atom is -0.411 e. The lowest BCUT2D eigenvalue weighted by molar-refractivity contribution is 0.321. The molecular formula is C15H9N5OS2. The first-order valence-electron chi connectivity index (χ1n) is 6.65. The van der Waals surface area contributed by atoms with Crippen molar-refractivity contribution in [2.45, 2.75) is 9.24 Å². The standard InChI is InChI=1S/C15H9N5OS2/c21-18-7-10-6-12(23-15-20-17-8-22-15)11-4-3-9-2-1-5-16-13(9)14(11)19-10/h1-8,21H. The zero-order valence-corrected chi connectivity index (χ0v) is 13.3. The van der Waals surface area contributed by atoms with Crippen LogP contribution in [-0.4, -0.2) is 31.6 Å². The van der Waals surface area contributed by atoms with Crippen molar-refractivity contribution < 1.29 is 5.21 Å². The highest BCUT2D eigenvalue weighted by Crippen LogP contribution is 2.35. The Kier molecular flexibility index (Phi) is 3.60. The highest BCUT2D eigenvalue weighted by atomic mass is 32.2. The van der Waals surface area contributed by atoms with E-state index in [0.717, 1.165) is 31.0 Å². The van der Waals surface area contributed by atoms with E-state index in [4.69, 9.17) is 5.21 Å². The number of nitrogens with zero attached hydrogens (tertiary/aromatic N) is 5. The number of hydrogen-bond acceptors (Lipinski definition) is 8. The van der Waals surface area contributed by atoms with Gasteiger partial charge in [0.2, 0.25) is 0 Å². The fraction of sp³-hybridized carbons (Fsp3) is 0. The van der Waals surface area contributed by atoms with Crippen molar-refractivity contribution >= 4 is 51.1 Å². The van der Waals surface area contributed by atoms with Gasteiger partial charge in [0, 0.05) is 21.9 Å². The molecule has 23 heavy (non-hydrogen) atoms. The molecule has 0 fully saturated rings. The SMILES string of the molecule is ON=Cc1cc(Sc2nncs2)c2ccc3cccnc3c2n1. The van der Waals surface area contributed by atoms with Crippen LogP contribution in [0.4, 0.5) is 0 Å². The maximum absolute atomic E-state index is 8.84. The van der Waals surface area contributed by atoms with E-state index in [1.165, 1.54) is 29.3 Å². The van der Waals surface area contributed by atoms with E-state index in [1.54, 1.807) is 11.7 Å². The second kappa shape index (κ2) is 5.90. The molecule has 0 aliphatic carbocycles. The largest absolute Gasteiger partial charge is 0.411 e. The summed E-state index contributed by atoms with van der Waals surface area (Å²) in [6.45, 7) is 0. The number of aromatic nitrogens is 4. The van der Waals surface area contributed by atoms with Crippen molar-refractivity contribution in [2.75, 3.05) is 0 Å². The summed E-state index contributed by atoms with van der Waals surface area (Å²) in [4.78, 5) is 9.98. The normalized spacial score (nSPS) is 11.7. The van der Waals surface area contributed by atoms with Crippen molar-refractivity contribution in [1.29, 1.82) is 0 Å². The molecule has 112 valence electrons. The summed E-state index contributed by atoms with van der Waals surface area (Å²) < 4.78 is 0.838. The van der Waals surface area contributed by atoms with Crippen LogP contribution in [0.1, 0.15) is 5.69 Å². The topological polar surface area (TPSA) is 84.2 Å². The average Bonchev–Trinajstić information content (AvgIpc) is 3.08. The third-order valence-corrected chi connectivity index (χ3v) is 5.10. The molecule has 8 heteroatoms. The van der Waals surface area contributed by atoms with Crippen LogP contribution in [0, 0.1) is 0 Å². The monoisotopic (exact) mass is 339 g/mol. The minimum atomic E-state index is 0.560. The van der Waals surface area contributed by atoms with Crippen molar-refractivity contribution in [3.8, 4) is 0 Å². The Morgan fingerprint density at radius 1 is 1.22 bits per heavy atom. The van der Waals surface area contributed by atoms with Crippen LogP contribution in [0.15, 0.2) is 56.4 Å². The maximum atomic E-state index is 8.84. The molecule has 0 spiro atoms. The molecule has 0 aliphatic heterocycles. The predicted octanol–water partition coefficient (Wildman–Crippen LogP) is 3.59. The smallest absolute Gasteiger partial charge is 0.178 e. The van der Waals surface area contributed by atoms with Gasteiger partial charge in [0.15, 0.2) is 4.34 Å². The lowest BCUT2D eigenvalue weighted by Crippen LogP contribution is -1.93. The van der Waals surface area contributed by atoms with Gasteiger partial charge in [0.25, 0.3) is 0 Å². The summed E-state index contributed by atoms with van der Waals surface area (Å²) in [5.41, 5.74) is 3.84. The number of oxime groups is 1. The summed E-state index contributed by atoms with van der Waals surface area (Å²) in [5, 5.41) is 21.8. The van der Waals surface area contributed by atoms with Gasteiger partial charge in [-0.2, -0.15) is 0 Å². The summed E-state index contributed by atoms with van der Waals surface area (Å²) >= 11 is 2.98. The number of fused-ring (bicyclic) bond motifs is 3. The molecule has 3 aromatic heterocycles. The number of hydrogen-bond donors (Lipinski definition) is 1. The van der Waals surface area contributed by atoms with Gasteiger partial charge in [0.05, 0.1) is 22.9 Å². The number of rotatable bonds is 3. The molecule has 4 rings (SSSR count). The number of benzene rings is 1. The Morgan fingerprint density at radius 3 is 3.00 bits per heavy atom. The molecule has 0 saturated carbocycles. The maximum Gasteiger partial charge on any atom is 0.178 e. The Hall–Kier alpha value is -2.58. The molecule has 0 atom stereocenters. The van der Waals surface area contributed by atoms with E-state index in [1.807, 2.05) is 30.3 Å². The quantitative estimate of drug-likeness (QED) is 0.266. The predicted molar refractivity (Wildman–Crippen MR) is 90.5 cm³/mol. The molecule has 0 aliphatic rings. The molecule has 4 aromatic rings. The second-order valence-corrected chi connectivity index (χ2v) is 6.76. The summed E-state index contributed by atoms with van der Waals surface area (Å²) in [5.74, 6) is 0. The second-order valence-electron chi connectivity index (χ2n) is 4.63. The highest BCUT2D eigenvalue weighted by molar-refractivity contribution is 8.01. The molecule has 0 bridgehead atoms. The van der Waals surface area contributed by atoms with Gasteiger partial charge in [-0.1, -0.05) is 46.5 Å². The lowest BCUT2D eigenvalue weighted by Gasteiger charge is -2.08. The third-order valence-electron chi connectivity index (χ3n) is 3.26. The summed E-state index contributed by atoms with van der Waals surface area (Å²) in [6, 6.07) is 9.80. The van der Waals surface area contributed by atoms with Crippen LogP contribution < -0.4 is 0 Å². The van der Waals surface area contributed by atoms with Gasteiger partial charge < -0.3 is 5.21 Å². The van der Waals surface area contributed by atoms with Gasteiger partial charge in [-0.05, 0) is 12.1 Å². The first-order chi connectivity index (χ1) is 11.3. The van der Waals surface area contributed by atoms with Crippen LogP contribution in [0.2, 0.25) is 0 Å². The van der Waals surface area contributed by atoms with E-state index in [0.29, 0.717) is 5.69 Å². The van der Waals surface area contributed by atoms with E-state index in [2.05, 4.69) is 25.3 Å². The van der Waals surface area contributed by atoms with Crippen molar-refractivity contribution in [2.24, 2.45) is 5.16 Å². The fourth-order valence-electron chi connectivity index (χ4n) is 2.33. The molecule has 1 N–H and O–H groups in total. The minimum absolute atomic E-state index is 0.560. The highest BCUT2D eigenvalue weighted by Gasteiger charge is 2.12. The molecule has 1 aromatic carbocycles. The van der Waals surface area contributed by atoms with Crippen LogP contribution in [0.25, 0.3) is 21.8 Å². The van der Waals surface area contributed by atoms with E-state index >= 15 is 0 Å². The zero-order valence-electron chi connectivity index (χ0n) is 11.6. The van der Waals surface area contributed by atoms with Gasteiger partial charge in [-0.3, -0.25) is 4.98 Å². The summed E-state index contributed by atoms with van der Waals surface area (Å²) in [6.07, 6.45) is 3.05. The molecule has 0 unspecified atom stereocenters. The molecule has 6 nitrogen and oxygen atoms in total. The molecule has 0 radical (unpaired) electrons. The zero-order chi connectivity index (χ0) is 15.6. The Bertz CT molecular complexity index is 1020. The first kappa shape index (κ1) is 14.0. The van der Waals surface area contributed by atoms with Crippen LogP contribution in [0.3, 0.4) is 0 Å². The Balaban J connectivity index is 2.01. The van der Waals surface area contributed by atoms with Crippen molar-refractivity contribution in [3.63, 3.8) is 0 Å². The average molecular weight is 339 g/mol. The Labute approximate surface area is 138 Å². The fourth-order valence-corrected chi connectivity index (χ4v) is 3.93. The van der Waals surface area contributed by atoms with Crippen molar-refractivity contribution in [1.82, 2.24) is 20.2 Å². The van der Waals surface area contributed by atoms with Gasteiger partial charge in [-0.25, -0.2) is 4.98 Å². The summed E-state index contributed by atoms with van der Waals surface area (Å²) in [7, 11) is 0. The third kappa shape index (κ3) is 2.62. The molecule has 0 amide bonds. The lowest BCUT2D eigenvalue weighted by atomic mass is 10.1. The van der Waals surface area contributed by atoms with Crippen LogP contribution in [-0.2, 0) is 0 Å². The van der Waals surface area contributed by atoms with Gasteiger partial charge in [0.1, 0.15) is 5.51 Å². The first-order valence-corrected chi connectivity index (χ1v) is 8.35. The van der Waals surface area contributed by atoms with Gasteiger partial charge >= 0.3 is 0 Å². The van der Waals surface area contributed by atoms with Crippen molar-refractivity contribution in [3.05, 3.63) is 47.7 Å². The van der Waals surface area contributed by atoms with Crippen LogP contribution in [0.5, 0.6) is 0 Å². The van der Waals surface area contributed by atoms with E-state index in [-0.39, 0.29) is 0 Å². The molecular weight excluding hydrogens is 330 g/mol.